The summed E-state index contributed by atoms with van der Waals surface area (Å²) >= 11 is 6.17. The predicted molar refractivity (Wildman–Crippen MR) is 110 cm³/mol. The molecule has 0 aromatic heterocycles. The lowest BCUT2D eigenvalue weighted by molar-refractivity contribution is 0.504. The molecule has 2 rings (SSSR count). The van der Waals surface area contributed by atoms with Crippen molar-refractivity contribution in [2.75, 3.05) is 6.54 Å². The first kappa shape index (κ1) is 21.2. The van der Waals surface area contributed by atoms with Crippen LogP contribution in [0.1, 0.15) is 51.9 Å². The minimum Gasteiger partial charge on any atom is -0.328 e. The monoisotopic (exact) mass is 396 g/mol. The zero-order valence-electron chi connectivity index (χ0n) is 15.4. The summed E-state index contributed by atoms with van der Waals surface area (Å²) in [4.78, 5) is 0.277. The number of hydrogen-bond acceptors (Lipinski definition) is 3. The van der Waals surface area contributed by atoms with Crippen molar-refractivity contribution in [2.24, 2.45) is 5.73 Å². The van der Waals surface area contributed by atoms with Crippen LogP contribution >= 0.6 is 11.6 Å². The second-order valence-electron chi connectivity index (χ2n) is 6.74. The number of nitrogens with two attached hydrogens (primary N) is 1. The smallest absolute Gasteiger partial charge is 0.241 e. The normalized spacial score (nSPS) is 13.2. The summed E-state index contributed by atoms with van der Waals surface area (Å²) in [5.74, 6) is 0. The maximum Gasteiger partial charge on any atom is 0.241 e. The van der Waals surface area contributed by atoms with E-state index in [0.717, 1.165) is 37.5 Å². The van der Waals surface area contributed by atoms with Gasteiger partial charge in [-0.25, -0.2) is 13.1 Å². The second kappa shape index (κ2) is 10.3. The summed E-state index contributed by atoms with van der Waals surface area (Å²) in [7, 11) is -3.55. The first-order valence-electron chi connectivity index (χ1n) is 9.38. The Morgan fingerprint density at radius 3 is 2.46 bits per heavy atom. The van der Waals surface area contributed by atoms with Crippen LogP contribution in [0.3, 0.4) is 0 Å². The highest BCUT2D eigenvalue weighted by Gasteiger charge is 2.17. The third-order valence-electron chi connectivity index (χ3n) is 4.59. The van der Waals surface area contributed by atoms with E-state index in [0.29, 0.717) is 17.0 Å². The molecule has 2 aromatic rings. The van der Waals surface area contributed by atoms with Crippen molar-refractivity contribution < 1.29 is 8.42 Å². The molecule has 0 aliphatic carbocycles. The van der Waals surface area contributed by atoms with Gasteiger partial charge in [0.2, 0.25) is 10.0 Å². The first-order chi connectivity index (χ1) is 12.5. The van der Waals surface area contributed by atoms with Crippen molar-refractivity contribution >= 4 is 32.4 Å². The molecule has 1 unspecified atom stereocenters. The standard InChI is InChI=1S/C20H29ClN2O2S/c1-2-3-9-16(22)10-5-4-6-15-23-26(24,25)20-14-8-11-17-18(20)12-7-13-19(17)21/h7-8,11-14,16,23H,2-6,9-10,15,22H2,1H3. The van der Waals surface area contributed by atoms with Gasteiger partial charge in [-0.3, -0.25) is 0 Å². The fourth-order valence-electron chi connectivity index (χ4n) is 3.08. The largest absolute Gasteiger partial charge is 0.328 e. The molecule has 0 aliphatic rings. The molecule has 2 aromatic carbocycles. The molecule has 6 heteroatoms. The van der Waals surface area contributed by atoms with Gasteiger partial charge in [-0.15, -0.1) is 0 Å². The summed E-state index contributed by atoms with van der Waals surface area (Å²) in [5.41, 5.74) is 6.06. The molecule has 3 N–H and O–H groups in total. The van der Waals surface area contributed by atoms with Crippen LogP contribution in [-0.4, -0.2) is 21.0 Å². The summed E-state index contributed by atoms with van der Waals surface area (Å²) in [6.07, 6.45) is 7.26. The third-order valence-corrected chi connectivity index (χ3v) is 6.44. The number of hydrogen-bond donors (Lipinski definition) is 2. The van der Waals surface area contributed by atoms with E-state index in [4.69, 9.17) is 17.3 Å². The van der Waals surface area contributed by atoms with Gasteiger partial charge in [0.05, 0.1) is 4.90 Å². The Balaban J connectivity index is 1.86. The summed E-state index contributed by atoms with van der Waals surface area (Å²) in [5, 5.41) is 1.95. The molecule has 0 bridgehead atoms. The van der Waals surface area contributed by atoms with Gasteiger partial charge in [0, 0.05) is 28.4 Å². The molecule has 0 amide bonds. The number of rotatable bonds is 11. The minimum absolute atomic E-state index is 0.270. The van der Waals surface area contributed by atoms with Crippen molar-refractivity contribution in [2.45, 2.75) is 62.8 Å². The summed E-state index contributed by atoms with van der Waals surface area (Å²) in [6.45, 7) is 2.60. The van der Waals surface area contributed by atoms with E-state index in [-0.39, 0.29) is 10.9 Å². The number of sulfonamides is 1. The highest BCUT2D eigenvalue weighted by atomic mass is 35.5. The molecule has 0 aliphatic heterocycles. The van der Waals surface area contributed by atoms with E-state index in [1.54, 1.807) is 30.3 Å². The van der Waals surface area contributed by atoms with E-state index < -0.39 is 10.0 Å². The van der Waals surface area contributed by atoms with E-state index in [9.17, 15) is 8.42 Å². The van der Waals surface area contributed by atoms with Gasteiger partial charge >= 0.3 is 0 Å². The van der Waals surface area contributed by atoms with Gasteiger partial charge in [-0.1, -0.05) is 68.5 Å². The van der Waals surface area contributed by atoms with Crippen LogP contribution < -0.4 is 10.5 Å². The van der Waals surface area contributed by atoms with Gasteiger partial charge in [0.25, 0.3) is 0 Å². The summed E-state index contributed by atoms with van der Waals surface area (Å²) in [6, 6.07) is 10.8. The van der Waals surface area contributed by atoms with Crippen molar-refractivity contribution in [3.8, 4) is 0 Å². The number of unbranched alkanes of at least 4 members (excludes halogenated alkanes) is 3. The lowest BCUT2D eigenvalue weighted by atomic mass is 10.0. The van der Waals surface area contributed by atoms with Crippen molar-refractivity contribution in [1.82, 2.24) is 4.72 Å². The average molecular weight is 397 g/mol. The Hall–Kier alpha value is -1.14. The minimum atomic E-state index is -3.55. The van der Waals surface area contributed by atoms with Gasteiger partial charge < -0.3 is 5.73 Å². The fraction of sp³-hybridized carbons (Fsp3) is 0.500. The van der Waals surface area contributed by atoms with E-state index in [1.165, 1.54) is 12.8 Å². The topological polar surface area (TPSA) is 72.2 Å². The molecule has 26 heavy (non-hydrogen) atoms. The predicted octanol–water partition coefficient (Wildman–Crippen LogP) is 4.85. The quantitative estimate of drug-likeness (QED) is 0.533. The van der Waals surface area contributed by atoms with Crippen molar-refractivity contribution in [3.63, 3.8) is 0 Å². The maximum atomic E-state index is 12.6. The molecule has 4 nitrogen and oxygen atoms in total. The molecule has 0 saturated heterocycles. The van der Waals surface area contributed by atoms with Crippen LogP contribution in [0.4, 0.5) is 0 Å². The Kier molecular flexibility index (Phi) is 8.35. The van der Waals surface area contributed by atoms with Crippen LogP contribution in [0, 0.1) is 0 Å². The maximum absolute atomic E-state index is 12.6. The number of benzene rings is 2. The lowest BCUT2D eigenvalue weighted by Gasteiger charge is -2.12. The first-order valence-corrected chi connectivity index (χ1v) is 11.2. The average Bonchev–Trinajstić information content (AvgIpc) is 2.62. The van der Waals surface area contributed by atoms with Crippen LogP contribution in [0.2, 0.25) is 5.02 Å². The Morgan fingerprint density at radius 1 is 1.00 bits per heavy atom. The van der Waals surface area contributed by atoms with Crippen LogP contribution in [-0.2, 0) is 10.0 Å². The van der Waals surface area contributed by atoms with Crippen LogP contribution in [0.15, 0.2) is 41.3 Å². The highest BCUT2D eigenvalue weighted by molar-refractivity contribution is 7.89. The summed E-state index contributed by atoms with van der Waals surface area (Å²) < 4.78 is 28.0. The van der Waals surface area contributed by atoms with Crippen molar-refractivity contribution in [3.05, 3.63) is 41.4 Å². The molecule has 0 spiro atoms. The zero-order chi connectivity index (χ0) is 19.0. The second-order valence-corrected chi connectivity index (χ2v) is 8.88. The van der Waals surface area contributed by atoms with Crippen LogP contribution in [0.5, 0.6) is 0 Å². The van der Waals surface area contributed by atoms with Crippen molar-refractivity contribution in [1.29, 1.82) is 0 Å². The Morgan fingerprint density at radius 2 is 1.69 bits per heavy atom. The number of fused-ring (bicyclic) bond motifs is 1. The van der Waals surface area contributed by atoms with E-state index in [1.807, 2.05) is 6.07 Å². The van der Waals surface area contributed by atoms with E-state index in [2.05, 4.69) is 11.6 Å². The molecule has 144 valence electrons. The Bertz CT molecular complexity index is 809. The van der Waals surface area contributed by atoms with Gasteiger partial charge in [-0.05, 0) is 31.4 Å². The molecule has 0 radical (unpaired) electrons. The van der Waals surface area contributed by atoms with E-state index >= 15 is 0 Å². The van der Waals surface area contributed by atoms with Gasteiger partial charge in [-0.2, -0.15) is 0 Å². The molecule has 0 saturated carbocycles. The highest BCUT2D eigenvalue weighted by Crippen LogP contribution is 2.28. The number of nitrogens with one attached hydrogen (secondary N) is 1. The SMILES string of the molecule is CCCCC(N)CCCCCNS(=O)(=O)c1cccc2c(Cl)cccc12. The fourth-order valence-corrected chi connectivity index (χ4v) is 4.61. The van der Waals surface area contributed by atoms with Gasteiger partial charge in [0.15, 0.2) is 0 Å². The molecule has 0 heterocycles. The van der Waals surface area contributed by atoms with Gasteiger partial charge in [0.1, 0.15) is 0 Å². The lowest BCUT2D eigenvalue weighted by Crippen LogP contribution is -2.25. The zero-order valence-corrected chi connectivity index (χ0v) is 17.0. The molecule has 1 atom stereocenters. The van der Waals surface area contributed by atoms with Crippen LogP contribution in [0.25, 0.3) is 10.8 Å². The Labute approximate surface area is 162 Å². The molecular formula is C20H29ClN2O2S. The molecular weight excluding hydrogens is 368 g/mol. The third kappa shape index (κ3) is 5.95. The molecule has 0 fully saturated rings. The number of halogens is 1.